The molecule has 196 valence electrons. The molecule has 0 radical (unpaired) electrons. The number of nitrogens with one attached hydrogen (secondary N) is 1. The van der Waals surface area contributed by atoms with Crippen molar-refractivity contribution in [2.24, 2.45) is 17.8 Å². The molecule has 3 N–H and O–H groups in total. The molecule has 37 heavy (non-hydrogen) atoms. The van der Waals surface area contributed by atoms with E-state index in [2.05, 4.69) is 36.2 Å². The van der Waals surface area contributed by atoms with Gasteiger partial charge in [-0.25, -0.2) is 14.4 Å². The van der Waals surface area contributed by atoms with Crippen molar-refractivity contribution < 1.29 is 18.7 Å². The molecule has 1 amide bonds. The number of anilines is 2. The number of aromatic nitrogens is 4. The first-order chi connectivity index (χ1) is 17.8. The van der Waals surface area contributed by atoms with Crippen molar-refractivity contribution in [3.8, 4) is 17.8 Å². The van der Waals surface area contributed by atoms with Crippen LogP contribution in [0.1, 0.15) is 49.5 Å². The number of carbonyl (C=O) groups excluding carboxylic acids is 1. The Morgan fingerprint density at radius 2 is 2.08 bits per heavy atom. The van der Waals surface area contributed by atoms with Gasteiger partial charge in [-0.05, 0) is 32.1 Å². The van der Waals surface area contributed by atoms with Gasteiger partial charge in [0.1, 0.15) is 23.5 Å². The molecule has 0 bridgehead atoms. The predicted molar refractivity (Wildman–Crippen MR) is 132 cm³/mol. The average Bonchev–Trinajstić information content (AvgIpc) is 3.65. The van der Waals surface area contributed by atoms with E-state index in [1.807, 2.05) is 0 Å². The lowest BCUT2D eigenvalue weighted by Crippen LogP contribution is -2.51. The van der Waals surface area contributed by atoms with Gasteiger partial charge in [0.2, 0.25) is 0 Å². The van der Waals surface area contributed by atoms with E-state index in [0.717, 1.165) is 19.3 Å². The van der Waals surface area contributed by atoms with E-state index in [1.165, 1.54) is 13.3 Å². The van der Waals surface area contributed by atoms with Gasteiger partial charge in [-0.3, -0.25) is 4.79 Å². The van der Waals surface area contributed by atoms with Crippen molar-refractivity contribution in [2.45, 2.75) is 50.7 Å². The Bertz CT molecular complexity index is 1170. The van der Waals surface area contributed by atoms with Crippen molar-refractivity contribution in [1.29, 1.82) is 5.26 Å². The average molecular weight is 511 g/mol. The third-order valence-corrected chi connectivity index (χ3v) is 7.24. The molecule has 12 heteroatoms. The number of ether oxygens (including phenoxy) is 2. The van der Waals surface area contributed by atoms with Gasteiger partial charge >= 0.3 is 6.01 Å². The van der Waals surface area contributed by atoms with Crippen LogP contribution in [0.15, 0.2) is 18.6 Å². The lowest BCUT2D eigenvalue weighted by molar-refractivity contribution is 0.0443. The molecule has 3 fully saturated rings. The number of piperidine rings is 1. The molecule has 11 nitrogen and oxygen atoms in total. The van der Waals surface area contributed by atoms with E-state index in [4.69, 9.17) is 20.5 Å². The van der Waals surface area contributed by atoms with Gasteiger partial charge in [-0.2, -0.15) is 15.2 Å². The molecule has 3 heterocycles. The molecule has 3 aliphatic rings. The fourth-order valence-electron chi connectivity index (χ4n) is 4.83. The summed E-state index contributed by atoms with van der Waals surface area (Å²) >= 11 is 0. The molecule has 2 saturated carbocycles. The number of nitrogens with two attached hydrogens (primary N) is 1. The van der Waals surface area contributed by atoms with E-state index < -0.39 is 5.67 Å². The number of amides is 1. The van der Waals surface area contributed by atoms with Crippen LogP contribution in [0.4, 0.5) is 16.0 Å². The van der Waals surface area contributed by atoms with Crippen LogP contribution in [-0.4, -0.2) is 63.9 Å². The summed E-state index contributed by atoms with van der Waals surface area (Å²) in [7, 11) is 0. The number of nitrogen functional groups attached to an aromatic ring is 1. The van der Waals surface area contributed by atoms with Crippen molar-refractivity contribution in [2.75, 3.05) is 36.9 Å². The zero-order chi connectivity index (χ0) is 26.0. The Hall–Kier alpha value is -3.75. The summed E-state index contributed by atoms with van der Waals surface area (Å²) in [4.78, 5) is 31.8. The van der Waals surface area contributed by atoms with Crippen LogP contribution in [0.5, 0.6) is 11.8 Å². The number of alkyl halides is 1. The van der Waals surface area contributed by atoms with Crippen LogP contribution in [0.3, 0.4) is 0 Å². The van der Waals surface area contributed by atoms with E-state index in [9.17, 15) is 9.18 Å². The lowest BCUT2D eigenvalue weighted by atomic mass is 9.79. The lowest BCUT2D eigenvalue weighted by Gasteiger charge is -2.38. The van der Waals surface area contributed by atoms with E-state index >= 15 is 0 Å². The summed E-state index contributed by atoms with van der Waals surface area (Å²) in [5.74, 6) is 1.50. The van der Waals surface area contributed by atoms with E-state index in [-0.39, 0.29) is 48.3 Å². The highest BCUT2D eigenvalue weighted by Crippen LogP contribution is 2.38. The maximum Gasteiger partial charge on any atom is 0.319 e. The van der Waals surface area contributed by atoms with Crippen LogP contribution in [0, 0.1) is 29.1 Å². The smallest absolute Gasteiger partial charge is 0.319 e. The Morgan fingerprint density at radius 3 is 2.76 bits per heavy atom. The van der Waals surface area contributed by atoms with Crippen molar-refractivity contribution in [3.63, 3.8) is 0 Å². The quantitative estimate of drug-likeness (QED) is 0.514. The van der Waals surface area contributed by atoms with Gasteiger partial charge in [0, 0.05) is 44.0 Å². The summed E-state index contributed by atoms with van der Waals surface area (Å²) in [5.41, 5.74) is 4.78. The fraction of sp³-hybridized carbons (Fsp3) is 0.600. The van der Waals surface area contributed by atoms with Crippen molar-refractivity contribution >= 4 is 17.5 Å². The minimum Gasteiger partial charge on any atom is -0.488 e. The van der Waals surface area contributed by atoms with Gasteiger partial charge in [0.05, 0.1) is 31.4 Å². The second-order valence-corrected chi connectivity index (χ2v) is 10.4. The number of carbonyl (C=O) groups is 1. The zero-order valence-electron chi connectivity index (χ0n) is 20.8. The molecule has 0 spiro atoms. The predicted octanol–water partition coefficient (Wildman–Crippen LogP) is 2.30. The minimum atomic E-state index is -1.24. The number of hydrogen-bond donors (Lipinski definition) is 2. The highest BCUT2D eigenvalue weighted by atomic mass is 19.1. The molecular formula is C25H31FN8O3. The molecule has 2 aliphatic carbocycles. The molecule has 0 unspecified atom stereocenters. The molecule has 1 aliphatic heterocycles. The van der Waals surface area contributed by atoms with Crippen molar-refractivity contribution in [3.05, 3.63) is 24.3 Å². The summed E-state index contributed by atoms with van der Waals surface area (Å²) in [5, 5.41) is 11.9. The summed E-state index contributed by atoms with van der Waals surface area (Å²) in [6, 6.07) is 3.79. The van der Waals surface area contributed by atoms with Gasteiger partial charge < -0.3 is 25.4 Å². The molecule has 5 rings (SSSR count). The number of rotatable bonds is 9. The number of nitrogens with zero attached hydrogens (tertiary/aromatic N) is 6. The second-order valence-electron chi connectivity index (χ2n) is 10.4. The number of hydrogen-bond acceptors (Lipinski definition) is 10. The maximum absolute atomic E-state index is 13.9. The van der Waals surface area contributed by atoms with Crippen molar-refractivity contribution in [1.82, 2.24) is 25.3 Å². The summed E-state index contributed by atoms with van der Waals surface area (Å²) in [6.45, 7) is 3.81. The van der Waals surface area contributed by atoms with Gasteiger partial charge in [0.25, 0.3) is 5.91 Å². The molecule has 2 aromatic rings. The molecular weight excluding hydrogens is 479 g/mol. The van der Waals surface area contributed by atoms with Gasteiger partial charge in [-0.1, -0.05) is 0 Å². The Morgan fingerprint density at radius 1 is 1.30 bits per heavy atom. The first kappa shape index (κ1) is 24.9. The normalized spacial score (nSPS) is 27.1. The van der Waals surface area contributed by atoms with E-state index in [1.54, 1.807) is 12.3 Å². The van der Waals surface area contributed by atoms with Crippen LogP contribution >= 0.6 is 0 Å². The Balaban J connectivity index is 1.22. The Kier molecular flexibility index (Phi) is 6.95. The first-order valence-corrected chi connectivity index (χ1v) is 12.6. The standard InChI is InChI=1S/C25H31FN8O3/c1-25(26)8-18(9-25)31-23(35)19-7-21(33-24(32-19)37-13-17-6-16(17)10-27)34-4-2-15(3-5-34)12-36-20-11-29-14-30-22(20)28/h7,11,14-18H,2-6,8-9,12-13H2,1H3,(H,31,35)(H2,28,29,30)/t16-,17+,18?,25?/m0/s1. The molecule has 2 aromatic heterocycles. The topological polar surface area (TPSA) is 152 Å². The Labute approximate surface area is 214 Å². The highest BCUT2D eigenvalue weighted by Gasteiger charge is 2.41. The third kappa shape index (κ3) is 6.15. The first-order valence-electron chi connectivity index (χ1n) is 12.6. The SMILES string of the molecule is CC1(F)CC(NC(=O)c2cc(N3CCC(COc4cncnc4N)CC3)nc(OC[C@H]3C[C@H]3C#N)n2)C1. The highest BCUT2D eigenvalue weighted by molar-refractivity contribution is 5.93. The minimum absolute atomic E-state index is 0.00127. The summed E-state index contributed by atoms with van der Waals surface area (Å²) < 4.78 is 25.5. The van der Waals surface area contributed by atoms with Crippen LogP contribution < -0.4 is 25.4 Å². The molecule has 1 saturated heterocycles. The summed E-state index contributed by atoms with van der Waals surface area (Å²) in [6.07, 6.45) is 6.03. The maximum atomic E-state index is 13.9. The van der Waals surface area contributed by atoms with Crippen LogP contribution in [0.2, 0.25) is 0 Å². The number of halogens is 1. The van der Waals surface area contributed by atoms with Crippen LogP contribution in [-0.2, 0) is 0 Å². The van der Waals surface area contributed by atoms with Gasteiger partial charge in [0.15, 0.2) is 11.6 Å². The van der Waals surface area contributed by atoms with Gasteiger partial charge in [-0.15, -0.1) is 0 Å². The zero-order valence-corrected chi connectivity index (χ0v) is 20.8. The second kappa shape index (κ2) is 10.3. The monoisotopic (exact) mass is 510 g/mol. The third-order valence-electron chi connectivity index (χ3n) is 7.24. The molecule has 2 atom stereocenters. The largest absolute Gasteiger partial charge is 0.488 e. The van der Waals surface area contributed by atoms with Crippen LogP contribution in [0.25, 0.3) is 0 Å². The molecule has 0 aromatic carbocycles. The van der Waals surface area contributed by atoms with E-state index in [0.29, 0.717) is 49.6 Å². The fourth-order valence-corrected chi connectivity index (χ4v) is 4.83. The number of nitriles is 1.